The number of nitrogens with zero attached hydrogens (tertiary/aromatic N) is 1. The second-order valence-corrected chi connectivity index (χ2v) is 12.8. The Balaban J connectivity index is 1.36. The third kappa shape index (κ3) is 10.2. The van der Waals surface area contributed by atoms with Crippen molar-refractivity contribution >= 4 is 46.4 Å². The molecule has 2 N–H and O–H groups in total. The molecule has 1 unspecified atom stereocenters. The van der Waals surface area contributed by atoms with E-state index in [1.807, 2.05) is 12.1 Å². The Morgan fingerprint density at radius 3 is 2.05 bits per heavy atom. The summed E-state index contributed by atoms with van der Waals surface area (Å²) in [6, 6.07) is 16.1. The first kappa shape index (κ1) is 40.3. The van der Waals surface area contributed by atoms with Gasteiger partial charge in [0.1, 0.15) is 23.9 Å². The minimum Gasteiger partial charge on any atom is -0.497 e. The molecular formula is C38H32F6N2O8S. The molecule has 0 fully saturated rings. The number of hydrogen-bond acceptors (Lipinski definition) is 8. The van der Waals surface area contributed by atoms with Crippen LogP contribution in [0, 0.1) is 0 Å². The summed E-state index contributed by atoms with van der Waals surface area (Å²) in [5, 5.41) is 12.4. The smallest absolute Gasteiger partial charge is 0.416 e. The third-order valence-electron chi connectivity index (χ3n) is 8.48. The lowest BCUT2D eigenvalue weighted by molar-refractivity contribution is -0.143. The molecule has 1 amide bonds. The van der Waals surface area contributed by atoms with Crippen molar-refractivity contribution in [3.63, 3.8) is 0 Å². The number of carboxylic acid groups (broad SMARTS) is 1. The first-order valence-electron chi connectivity index (χ1n) is 16.3. The molecule has 55 heavy (non-hydrogen) atoms. The number of methoxy groups -OCH3 is 2. The Morgan fingerprint density at radius 1 is 0.818 bits per heavy atom. The molecule has 290 valence electrons. The lowest BCUT2D eigenvalue weighted by atomic mass is 10.1. The van der Waals surface area contributed by atoms with Crippen LogP contribution in [0.15, 0.2) is 78.9 Å². The lowest BCUT2D eigenvalue weighted by Gasteiger charge is -2.26. The molecule has 4 aromatic rings. The summed E-state index contributed by atoms with van der Waals surface area (Å²) in [6.45, 7) is -0.689. The SMILES string of the molecule is COC(=O)c1cc(NC(=S)CCC2Cc3cc(OCc4ccc(OC)cc4)ccc3N2C(=O)COc2cc(C(F)(F)F)cc(C(F)(F)F)c2)cc(C(=O)O)c1. The molecule has 0 aliphatic carbocycles. The molecule has 17 heteroatoms. The minimum absolute atomic E-state index is 0.0381. The van der Waals surface area contributed by atoms with Crippen molar-refractivity contribution in [2.24, 2.45) is 0 Å². The van der Waals surface area contributed by atoms with Gasteiger partial charge in [0, 0.05) is 23.8 Å². The number of alkyl halides is 6. The number of carbonyl (C=O) groups is 3. The van der Waals surface area contributed by atoms with E-state index in [2.05, 4.69) is 5.32 Å². The highest BCUT2D eigenvalue weighted by Gasteiger charge is 2.38. The lowest BCUT2D eigenvalue weighted by Crippen LogP contribution is -2.41. The zero-order valence-corrected chi connectivity index (χ0v) is 29.9. The van der Waals surface area contributed by atoms with E-state index in [4.69, 9.17) is 31.2 Å². The summed E-state index contributed by atoms with van der Waals surface area (Å²) in [6.07, 6.45) is -9.62. The second-order valence-electron chi connectivity index (χ2n) is 12.3. The van der Waals surface area contributed by atoms with Gasteiger partial charge in [0.2, 0.25) is 0 Å². The Morgan fingerprint density at radius 2 is 1.45 bits per heavy atom. The highest BCUT2D eigenvalue weighted by molar-refractivity contribution is 7.80. The van der Waals surface area contributed by atoms with E-state index in [0.717, 1.165) is 18.7 Å². The van der Waals surface area contributed by atoms with Gasteiger partial charge in [-0.3, -0.25) is 4.79 Å². The van der Waals surface area contributed by atoms with Crippen LogP contribution in [0.4, 0.5) is 37.7 Å². The van der Waals surface area contributed by atoms with Gasteiger partial charge in [-0.2, -0.15) is 26.3 Å². The van der Waals surface area contributed by atoms with E-state index in [9.17, 15) is 45.8 Å². The average Bonchev–Trinajstić information content (AvgIpc) is 3.52. The van der Waals surface area contributed by atoms with Gasteiger partial charge >= 0.3 is 24.3 Å². The summed E-state index contributed by atoms with van der Waals surface area (Å²) in [4.78, 5) is 39.1. The van der Waals surface area contributed by atoms with Crippen molar-refractivity contribution in [1.29, 1.82) is 0 Å². The molecule has 0 saturated carbocycles. The fourth-order valence-corrected chi connectivity index (χ4v) is 6.09. The maximum atomic E-state index is 13.7. The Labute approximate surface area is 315 Å². The van der Waals surface area contributed by atoms with E-state index in [1.165, 1.54) is 17.0 Å². The number of carboxylic acids is 1. The van der Waals surface area contributed by atoms with Gasteiger partial charge in [-0.15, -0.1) is 0 Å². The molecule has 0 saturated heterocycles. The van der Waals surface area contributed by atoms with Crippen LogP contribution in [0.25, 0.3) is 0 Å². The largest absolute Gasteiger partial charge is 0.497 e. The molecule has 5 rings (SSSR count). The summed E-state index contributed by atoms with van der Waals surface area (Å²) in [7, 11) is 2.69. The maximum absolute atomic E-state index is 13.7. The number of aromatic carboxylic acids is 1. The predicted octanol–water partition coefficient (Wildman–Crippen LogP) is 8.35. The number of carbonyl (C=O) groups excluding carboxylic acids is 2. The molecule has 10 nitrogen and oxygen atoms in total. The van der Waals surface area contributed by atoms with Gasteiger partial charge in [-0.25, -0.2) is 9.59 Å². The van der Waals surface area contributed by atoms with Crippen molar-refractivity contribution in [3.8, 4) is 17.2 Å². The van der Waals surface area contributed by atoms with Crippen LogP contribution < -0.4 is 24.4 Å². The van der Waals surface area contributed by atoms with Crippen LogP contribution in [0.1, 0.15) is 55.8 Å². The molecule has 0 spiro atoms. The number of nitrogens with one attached hydrogen (secondary N) is 1. The summed E-state index contributed by atoms with van der Waals surface area (Å²) in [5.41, 5.74) is -1.29. The molecule has 0 radical (unpaired) electrons. The molecule has 0 aromatic heterocycles. The zero-order valence-electron chi connectivity index (χ0n) is 29.0. The van der Waals surface area contributed by atoms with Gasteiger partial charge in [0.15, 0.2) is 6.61 Å². The monoisotopic (exact) mass is 790 g/mol. The zero-order chi connectivity index (χ0) is 40.1. The minimum atomic E-state index is -5.11. The number of rotatable bonds is 13. The number of benzene rings is 4. The standard InChI is InChI=1S/C38H32F6N2O8S/c1-51-29-6-3-21(4-7-29)19-53-30-8-9-32-22(15-30)14-28(5-10-33(55)45-27-12-23(35(48)49)11-24(13-27)36(50)52-2)46(32)34(47)20-54-31-17-25(37(39,40)41)16-26(18-31)38(42,43)44/h3-4,6-9,11-13,15-18,28H,5,10,14,19-20H2,1-2H3,(H,45,55)(H,48,49). The van der Waals surface area contributed by atoms with Crippen LogP contribution >= 0.6 is 12.2 Å². The molecule has 0 bridgehead atoms. The highest BCUT2D eigenvalue weighted by Crippen LogP contribution is 2.40. The van der Waals surface area contributed by atoms with Gasteiger partial charge in [0.05, 0.1) is 41.5 Å². The molecule has 1 aliphatic rings. The van der Waals surface area contributed by atoms with Gasteiger partial charge in [-0.1, -0.05) is 24.4 Å². The number of halogens is 6. The van der Waals surface area contributed by atoms with Gasteiger partial charge < -0.3 is 34.3 Å². The summed E-state index contributed by atoms with van der Waals surface area (Å²) in [5.74, 6) is -2.48. The fraction of sp³-hybridized carbons (Fsp3) is 0.263. The average molecular weight is 791 g/mol. The molecule has 1 atom stereocenters. The number of hydrogen-bond donors (Lipinski definition) is 2. The first-order valence-corrected chi connectivity index (χ1v) is 16.8. The fourth-order valence-electron chi connectivity index (χ4n) is 5.85. The van der Waals surface area contributed by atoms with Crippen LogP contribution in [-0.4, -0.2) is 54.8 Å². The van der Waals surface area contributed by atoms with Gasteiger partial charge in [-0.05, 0) is 90.7 Å². The molecular weight excluding hydrogens is 758 g/mol. The highest BCUT2D eigenvalue weighted by atomic mass is 32.1. The number of amides is 1. The van der Waals surface area contributed by atoms with E-state index < -0.39 is 59.7 Å². The van der Waals surface area contributed by atoms with Crippen LogP contribution in [-0.2, 0) is 34.9 Å². The number of esters is 1. The van der Waals surface area contributed by atoms with E-state index in [0.29, 0.717) is 34.9 Å². The summed E-state index contributed by atoms with van der Waals surface area (Å²) >= 11 is 5.51. The number of fused-ring (bicyclic) bond motifs is 1. The Bertz CT molecular complexity index is 2060. The van der Waals surface area contributed by atoms with Crippen LogP contribution in [0.5, 0.6) is 17.2 Å². The van der Waals surface area contributed by atoms with Crippen LogP contribution in [0.2, 0.25) is 0 Å². The quantitative estimate of drug-likeness (QED) is 0.0776. The van der Waals surface area contributed by atoms with Crippen molar-refractivity contribution in [1.82, 2.24) is 0 Å². The van der Waals surface area contributed by atoms with E-state index in [1.54, 1.807) is 37.4 Å². The second kappa shape index (κ2) is 16.7. The molecule has 1 aliphatic heterocycles. The molecule has 1 heterocycles. The Kier molecular flexibility index (Phi) is 12.2. The van der Waals surface area contributed by atoms with E-state index in [-0.39, 0.29) is 53.7 Å². The normalized spacial score (nSPS) is 13.8. The van der Waals surface area contributed by atoms with Crippen LogP contribution in [0.3, 0.4) is 0 Å². The van der Waals surface area contributed by atoms with Crippen molar-refractivity contribution in [2.75, 3.05) is 31.0 Å². The number of anilines is 2. The summed E-state index contributed by atoms with van der Waals surface area (Å²) < 4.78 is 102. The van der Waals surface area contributed by atoms with Crippen molar-refractivity contribution in [2.45, 2.75) is 44.3 Å². The van der Waals surface area contributed by atoms with Gasteiger partial charge in [0.25, 0.3) is 5.91 Å². The topological polar surface area (TPSA) is 124 Å². The molecule has 4 aromatic carbocycles. The predicted molar refractivity (Wildman–Crippen MR) is 191 cm³/mol. The van der Waals surface area contributed by atoms with E-state index >= 15 is 0 Å². The Hall–Kier alpha value is -5.84. The third-order valence-corrected chi connectivity index (χ3v) is 8.78. The van der Waals surface area contributed by atoms with Crippen molar-refractivity contribution < 1.29 is 64.8 Å². The first-order chi connectivity index (χ1) is 25.9. The maximum Gasteiger partial charge on any atom is 0.416 e. The number of thiocarbonyl (C=S) groups is 1. The number of ether oxygens (including phenoxy) is 4. The van der Waals surface area contributed by atoms with Crippen molar-refractivity contribution in [3.05, 3.63) is 112 Å².